The number of carbonyl (C=O) groups is 1. The van der Waals surface area contributed by atoms with E-state index in [2.05, 4.69) is 15.9 Å². The van der Waals surface area contributed by atoms with Crippen LogP contribution in [0.2, 0.25) is 0 Å². The lowest BCUT2D eigenvalue weighted by molar-refractivity contribution is -0.138. The van der Waals surface area contributed by atoms with Gasteiger partial charge in [-0.15, -0.1) is 0 Å². The van der Waals surface area contributed by atoms with Gasteiger partial charge in [-0.05, 0) is 35.0 Å². The molecule has 1 rings (SSSR count). The molecule has 0 saturated carbocycles. The molecule has 0 saturated heterocycles. The Labute approximate surface area is 98.5 Å². The number of methoxy groups -OCH3 is 1. The molecule has 0 aliphatic rings. The fraction of sp³-hybridized carbons (Fsp3) is 0.300. The van der Waals surface area contributed by atoms with Gasteiger partial charge in [0.25, 0.3) is 0 Å². The van der Waals surface area contributed by atoms with E-state index >= 15 is 0 Å². The Morgan fingerprint density at radius 3 is 2.31 bits per heavy atom. The molecule has 2 nitrogen and oxygen atoms in total. The minimum Gasteiger partial charge on any atom is -0.496 e. The van der Waals surface area contributed by atoms with Gasteiger partial charge >= 0.3 is 6.18 Å². The van der Waals surface area contributed by atoms with Crippen LogP contribution in [-0.4, -0.2) is 12.9 Å². The highest BCUT2D eigenvalue weighted by Gasteiger charge is 2.36. The van der Waals surface area contributed by atoms with Crippen LogP contribution in [0.25, 0.3) is 0 Å². The number of carbonyl (C=O) groups excluding carboxylic acids is 1. The van der Waals surface area contributed by atoms with Crippen LogP contribution < -0.4 is 4.74 Å². The summed E-state index contributed by atoms with van der Waals surface area (Å²) in [4.78, 5) is 11.2. The van der Waals surface area contributed by atoms with E-state index in [1.165, 1.54) is 13.2 Å². The van der Waals surface area contributed by atoms with Gasteiger partial charge in [0.05, 0.1) is 17.1 Å². The molecule has 0 fully saturated rings. The second kappa shape index (κ2) is 4.45. The number of Topliss-reactive ketones (excluding diaryl/α,β-unsaturated/α-hetero) is 1. The zero-order valence-corrected chi connectivity index (χ0v) is 10.1. The Bertz CT molecular complexity index is 427. The van der Waals surface area contributed by atoms with E-state index < -0.39 is 23.1 Å². The molecule has 0 radical (unpaired) electrons. The van der Waals surface area contributed by atoms with Crippen molar-refractivity contribution in [1.82, 2.24) is 0 Å². The molecule has 0 heterocycles. The van der Waals surface area contributed by atoms with Gasteiger partial charge in [0, 0.05) is 5.56 Å². The first kappa shape index (κ1) is 13.0. The summed E-state index contributed by atoms with van der Waals surface area (Å²) in [5.41, 5.74) is -1.38. The largest absolute Gasteiger partial charge is 0.496 e. The Hall–Kier alpha value is -1.04. The molecular weight excluding hydrogens is 289 g/mol. The number of ketones is 1. The molecule has 88 valence electrons. The zero-order chi connectivity index (χ0) is 12.5. The van der Waals surface area contributed by atoms with Crippen LogP contribution in [0, 0.1) is 0 Å². The summed E-state index contributed by atoms with van der Waals surface area (Å²) in [5, 5.41) is 0. The van der Waals surface area contributed by atoms with Gasteiger partial charge in [-0.3, -0.25) is 4.79 Å². The first-order valence-electron chi connectivity index (χ1n) is 4.23. The zero-order valence-electron chi connectivity index (χ0n) is 8.48. The van der Waals surface area contributed by atoms with Crippen LogP contribution in [0.1, 0.15) is 22.8 Å². The van der Waals surface area contributed by atoms with Gasteiger partial charge in [-0.1, -0.05) is 0 Å². The third kappa shape index (κ3) is 2.37. The van der Waals surface area contributed by atoms with Crippen molar-refractivity contribution in [2.24, 2.45) is 0 Å². The van der Waals surface area contributed by atoms with Gasteiger partial charge in [0.15, 0.2) is 5.78 Å². The van der Waals surface area contributed by atoms with Gasteiger partial charge in [-0.25, -0.2) is 0 Å². The highest BCUT2D eigenvalue weighted by molar-refractivity contribution is 9.10. The Morgan fingerprint density at radius 1 is 1.38 bits per heavy atom. The molecule has 16 heavy (non-hydrogen) atoms. The number of halogens is 4. The molecule has 0 atom stereocenters. The van der Waals surface area contributed by atoms with Crippen molar-refractivity contribution in [3.63, 3.8) is 0 Å². The minimum absolute atomic E-state index is 0.0253. The molecule has 1 aromatic carbocycles. The lowest BCUT2D eigenvalue weighted by Gasteiger charge is -2.14. The van der Waals surface area contributed by atoms with Crippen molar-refractivity contribution >= 4 is 21.7 Å². The summed E-state index contributed by atoms with van der Waals surface area (Å²) in [6.07, 6.45) is -4.56. The lowest BCUT2D eigenvalue weighted by atomic mass is 10.0. The molecule has 0 unspecified atom stereocenters. The summed E-state index contributed by atoms with van der Waals surface area (Å²) < 4.78 is 42.7. The second-order valence-corrected chi connectivity index (χ2v) is 3.85. The third-order valence-corrected chi connectivity index (χ3v) is 2.77. The predicted molar refractivity (Wildman–Crippen MR) is 55.7 cm³/mol. The molecular formula is C10H8BrF3O2. The average molecular weight is 297 g/mol. The monoisotopic (exact) mass is 296 g/mol. The number of rotatable bonds is 2. The van der Waals surface area contributed by atoms with Crippen molar-refractivity contribution < 1.29 is 22.7 Å². The topological polar surface area (TPSA) is 26.3 Å². The number of ether oxygens (including phenoxy) is 1. The summed E-state index contributed by atoms with van der Waals surface area (Å²) in [6, 6.07) is 2.00. The maximum Gasteiger partial charge on any atom is 0.417 e. The highest BCUT2D eigenvalue weighted by atomic mass is 79.9. The SMILES string of the molecule is COc1ccc(C(F)(F)F)c(C(C)=O)c1Br. The van der Waals surface area contributed by atoms with Crippen LogP contribution in [0.15, 0.2) is 16.6 Å². The van der Waals surface area contributed by atoms with E-state index in [4.69, 9.17) is 4.74 Å². The number of hydrogen-bond acceptors (Lipinski definition) is 2. The van der Waals surface area contributed by atoms with Crippen LogP contribution >= 0.6 is 15.9 Å². The summed E-state index contributed by atoms with van der Waals surface area (Å²) >= 11 is 2.94. The number of alkyl halides is 3. The van der Waals surface area contributed by atoms with Gasteiger partial charge in [0.2, 0.25) is 0 Å². The fourth-order valence-corrected chi connectivity index (χ4v) is 2.08. The molecule has 0 N–H and O–H groups in total. The van der Waals surface area contributed by atoms with E-state index in [9.17, 15) is 18.0 Å². The summed E-state index contributed by atoms with van der Waals surface area (Å²) in [5.74, 6) is -0.476. The maximum absolute atomic E-state index is 12.6. The van der Waals surface area contributed by atoms with Crippen LogP contribution in [-0.2, 0) is 6.18 Å². The van der Waals surface area contributed by atoms with Crippen molar-refractivity contribution in [2.75, 3.05) is 7.11 Å². The number of benzene rings is 1. The molecule has 6 heteroatoms. The summed E-state index contributed by atoms with van der Waals surface area (Å²) in [7, 11) is 1.32. The standard InChI is InChI=1S/C10H8BrF3O2/c1-5(15)8-6(10(12,13)14)3-4-7(16-2)9(8)11/h3-4H,1-2H3. The quantitative estimate of drug-likeness (QED) is 0.778. The van der Waals surface area contributed by atoms with Crippen molar-refractivity contribution in [3.8, 4) is 5.75 Å². The van der Waals surface area contributed by atoms with Gasteiger partial charge < -0.3 is 4.74 Å². The van der Waals surface area contributed by atoms with Crippen LogP contribution in [0.3, 0.4) is 0 Å². The second-order valence-electron chi connectivity index (χ2n) is 3.06. The molecule has 0 aromatic heterocycles. The third-order valence-electron chi connectivity index (χ3n) is 1.98. The molecule has 0 bridgehead atoms. The van der Waals surface area contributed by atoms with Crippen molar-refractivity contribution in [3.05, 3.63) is 27.7 Å². The Morgan fingerprint density at radius 2 is 1.94 bits per heavy atom. The fourth-order valence-electron chi connectivity index (χ4n) is 1.30. The van der Waals surface area contributed by atoms with Crippen molar-refractivity contribution in [1.29, 1.82) is 0 Å². The Balaban J connectivity index is 3.53. The molecule has 1 aromatic rings. The highest BCUT2D eigenvalue weighted by Crippen LogP contribution is 2.39. The van der Waals surface area contributed by atoms with Crippen LogP contribution in [0.4, 0.5) is 13.2 Å². The van der Waals surface area contributed by atoms with E-state index in [0.717, 1.165) is 13.0 Å². The van der Waals surface area contributed by atoms with Crippen molar-refractivity contribution in [2.45, 2.75) is 13.1 Å². The number of hydrogen-bond donors (Lipinski definition) is 0. The van der Waals surface area contributed by atoms with Gasteiger partial charge in [-0.2, -0.15) is 13.2 Å². The normalized spacial score (nSPS) is 11.4. The summed E-state index contributed by atoms with van der Waals surface area (Å²) in [6.45, 7) is 1.08. The minimum atomic E-state index is -4.56. The molecule has 0 aliphatic carbocycles. The van der Waals surface area contributed by atoms with Crippen LogP contribution in [0.5, 0.6) is 5.75 Å². The maximum atomic E-state index is 12.6. The smallest absolute Gasteiger partial charge is 0.417 e. The molecule has 0 amide bonds. The Kier molecular flexibility index (Phi) is 3.62. The van der Waals surface area contributed by atoms with Gasteiger partial charge in [0.1, 0.15) is 5.75 Å². The van der Waals surface area contributed by atoms with E-state index in [0.29, 0.717) is 0 Å². The van der Waals surface area contributed by atoms with E-state index in [1.807, 2.05) is 0 Å². The average Bonchev–Trinajstić information content (AvgIpc) is 2.15. The predicted octanol–water partition coefficient (Wildman–Crippen LogP) is 3.68. The van der Waals surface area contributed by atoms with E-state index in [1.54, 1.807) is 0 Å². The first-order valence-corrected chi connectivity index (χ1v) is 5.03. The first-order chi connectivity index (χ1) is 7.29. The lowest BCUT2D eigenvalue weighted by Crippen LogP contribution is -2.12. The molecule has 0 spiro atoms. The van der Waals surface area contributed by atoms with E-state index in [-0.39, 0.29) is 10.2 Å². The molecule has 0 aliphatic heterocycles.